The number of anilines is 1. The van der Waals surface area contributed by atoms with Crippen molar-refractivity contribution in [3.05, 3.63) is 24.0 Å². The average Bonchev–Trinajstić information content (AvgIpc) is 2.58. The molecule has 0 aliphatic rings. The topological polar surface area (TPSA) is 70.1 Å². The van der Waals surface area contributed by atoms with Crippen molar-refractivity contribution in [3.63, 3.8) is 0 Å². The van der Waals surface area contributed by atoms with E-state index < -0.39 is 0 Å². The van der Waals surface area contributed by atoms with E-state index in [-0.39, 0.29) is 12.5 Å². The maximum absolute atomic E-state index is 11.3. The first-order valence-electron chi connectivity index (χ1n) is 4.91. The van der Waals surface area contributed by atoms with Gasteiger partial charge in [-0.1, -0.05) is 6.07 Å². The minimum atomic E-state index is -0.301. The molecule has 5 heteroatoms. The lowest BCUT2D eigenvalue weighted by Crippen LogP contribution is -2.12. The average molecular weight is 219 g/mol. The van der Waals surface area contributed by atoms with Crippen molar-refractivity contribution in [2.24, 2.45) is 0 Å². The molecule has 0 atom stereocenters. The number of ether oxygens (including phenoxy) is 1. The molecular weight excluding hydrogens is 206 g/mol. The van der Waals surface area contributed by atoms with Gasteiger partial charge in [0.15, 0.2) is 0 Å². The number of fused-ring (bicyclic) bond motifs is 1. The number of nitrogens with zero attached hydrogens (tertiary/aromatic N) is 2. The number of hydrogen-bond acceptors (Lipinski definition) is 4. The standard InChI is InChI=1S/C11H13N3O2/c1-7-13-11-8(12)4-3-5-9(11)14(7)6-10(15)16-2/h3-5H,6,12H2,1-2H3. The molecule has 0 spiro atoms. The van der Waals surface area contributed by atoms with E-state index in [1.54, 1.807) is 10.6 Å². The molecule has 0 saturated carbocycles. The third kappa shape index (κ3) is 1.60. The zero-order valence-corrected chi connectivity index (χ0v) is 9.23. The van der Waals surface area contributed by atoms with Gasteiger partial charge in [0.05, 0.1) is 18.3 Å². The molecule has 2 N–H and O–H groups in total. The zero-order valence-electron chi connectivity index (χ0n) is 9.23. The van der Waals surface area contributed by atoms with Crippen molar-refractivity contribution in [2.45, 2.75) is 13.5 Å². The molecular formula is C11H13N3O2. The lowest BCUT2D eigenvalue weighted by Gasteiger charge is -2.04. The number of nitrogens with two attached hydrogens (primary N) is 1. The Morgan fingerprint density at radius 3 is 3.00 bits per heavy atom. The number of carbonyl (C=O) groups is 1. The molecule has 0 aliphatic carbocycles. The number of aromatic nitrogens is 2. The maximum Gasteiger partial charge on any atom is 0.325 e. The van der Waals surface area contributed by atoms with Gasteiger partial charge < -0.3 is 15.0 Å². The number of hydrogen-bond donors (Lipinski definition) is 1. The van der Waals surface area contributed by atoms with E-state index in [0.717, 1.165) is 16.9 Å². The van der Waals surface area contributed by atoms with Crippen LogP contribution in [0.15, 0.2) is 18.2 Å². The molecule has 0 aliphatic heterocycles. The molecule has 1 heterocycles. The Kier molecular flexibility index (Phi) is 2.52. The lowest BCUT2D eigenvalue weighted by molar-refractivity contribution is -0.141. The summed E-state index contributed by atoms with van der Waals surface area (Å²) < 4.78 is 6.43. The van der Waals surface area contributed by atoms with Crippen LogP contribution in [0, 0.1) is 6.92 Å². The SMILES string of the molecule is COC(=O)Cn1c(C)nc2c(N)cccc21. The first kappa shape index (κ1) is 10.5. The minimum Gasteiger partial charge on any atom is -0.468 e. The third-order valence-corrected chi connectivity index (χ3v) is 2.52. The predicted octanol–water partition coefficient (Wildman–Crippen LogP) is 1.10. The van der Waals surface area contributed by atoms with E-state index >= 15 is 0 Å². The van der Waals surface area contributed by atoms with Crippen LogP contribution in [-0.4, -0.2) is 22.6 Å². The zero-order chi connectivity index (χ0) is 11.7. The van der Waals surface area contributed by atoms with Gasteiger partial charge in [-0.05, 0) is 19.1 Å². The van der Waals surface area contributed by atoms with Crippen LogP contribution in [0.3, 0.4) is 0 Å². The van der Waals surface area contributed by atoms with Gasteiger partial charge in [0, 0.05) is 0 Å². The predicted molar refractivity (Wildman–Crippen MR) is 60.9 cm³/mol. The maximum atomic E-state index is 11.3. The van der Waals surface area contributed by atoms with Gasteiger partial charge in [0.1, 0.15) is 17.9 Å². The van der Waals surface area contributed by atoms with Crippen molar-refractivity contribution in [2.75, 3.05) is 12.8 Å². The van der Waals surface area contributed by atoms with Crippen LogP contribution in [0.1, 0.15) is 5.82 Å². The van der Waals surface area contributed by atoms with Gasteiger partial charge in [-0.2, -0.15) is 0 Å². The molecule has 5 nitrogen and oxygen atoms in total. The number of para-hydroxylation sites is 1. The second-order valence-corrected chi connectivity index (χ2v) is 3.54. The lowest BCUT2D eigenvalue weighted by atomic mass is 10.3. The molecule has 0 saturated heterocycles. The van der Waals surface area contributed by atoms with Crippen molar-refractivity contribution in [1.29, 1.82) is 0 Å². The van der Waals surface area contributed by atoms with Gasteiger partial charge in [-0.3, -0.25) is 4.79 Å². The van der Waals surface area contributed by atoms with Crippen LogP contribution < -0.4 is 5.73 Å². The van der Waals surface area contributed by atoms with E-state index in [1.165, 1.54) is 7.11 Å². The third-order valence-electron chi connectivity index (χ3n) is 2.52. The largest absolute Gasteiger partial charge is 0.468 e. The van der Waals surface area contributed by atoms with E-state index in [0.29, 0.717) is 5.69 Å². The number of esters is 1. The second-order valence-electron chi connectivity index (χ2n) is 3.54. The van der Waals surface area contributed by atoms with Crippen LogP contribution in [0.25, 0.3) is 11.0 Å². The summed E-state index contributed by atoms with van der Waals surface area (Å²) >= 11 is 0. The Labute approximate surface area is 92.8 Å². The number of carbonyl (C=O) groups excluding carboxylic acids is 1. The fourth-order valence-electron chi connectivity index (χ4n) is 1.68. The summed E-state index contributed by atoms with van der Waals surface area (Å²) in [5.74, 6) is 0.447. The van der Waals surface area contributed by atoms with Crippen molar-refractivity contribution in [1.82, 2.24) is 9.55 Å². The quantitative estimate of drug-likeness (QED) is 0.606. The highest BCUT2D eigenvalue weighted by atomic mass is 16.5. The van der Waals surface area contributed by atoms with Crippen molar-refractivity contribution < 1.29 is 9.53 Å². The molecule has 16 heavy (non-hydrogen) atoms. The number of rotatable bonds is 2. The molecule has 0 unspecified atom stereocenters. The van der Waals surface area contributed by atoms with Crippen LogP contribution >= 0.6 is 0 Å². The molecule has 2 rings (SSSR count). The second kappa shape index (κ2) is 3.84. The van der Waals surface area contributed by atoms with Crippen molar-refractivity contribution >= 4 is 22.7 Å². The highest BCUT2D eigenvalue weighted by Gasteiger charge is 2.12. The summed E-state index contributed by atoms with van der Waals surface area (Å²) in [5.41, 5.74) is 8.00. The number of imidazole rings is 1. The highest BCUT2D eigenvalue weighted by molar-refractivity contribution is 5.88. The first-order valence-corrected chi connectivity index (χ1v) is 4.91. The smallest absolute Gasteiger partial charge is 0.325 e. The fourth-order valence-corrected chi connectivity index (χ4v) is 1.68. The summed E-state index contributed by atoms with van der Waals surface area (Å²) in [5, 5.41) is 0. The van der Waals surface area contributed by atoms with E-state index in [1.807, 2.05) is 19.1 Å². The van der Waals surface area contributed by atoms with Gasteiger partial charge >= 0.3 is 5.97 Å². The number of aryl methyl sites for hydroxylation is 1. The van der Waals surface area contributed by atoms with E-state index in [9.17, 15) is 4.79 Å². The Hall–Kier alpha value is -2.04. The summed E-state index contributed by atoms with van der Waals surface area (Å²) in [6.45, 7) is 1.99. The Balaban J connectivity index is 2.56. The molecule has 1 aromatic carbocycles. The molecule has 0 amide bonds. The minimum absolute atomic E-state index is 0.155. The van der Waals surface area contributed by atoms with Gasteiger partial charge in [0.2, 0.25) is 0 Å². The number of nitrogen functional groups attached to an aromatic ring is 1. The van der Waals surface area contributed by atoms with Crippen LogP contribution in [0.4, 0.5) is 5.69 Å². The summed E-state index contributed by atoms with van der Waals surface area (Å²) in [6, 6.07) is 5.51. The van der Waals surface area contributed by atoms with Gasteiger partial charge in [-0.25, -0.2) is 4.98 Å². The Morgan fingerprint density at radius 2 is 2.31 bits per heavy atom. The summed E-state index contributed by atoms with van der Waals surface area (Å²) in [7, 11) is 1.37. The normalized spacial score (nSPS) is 10.6. The number of benzene rings is 1. The summed E-state index contributed by atoms with van der Waals surface area (Å²) in [4.78, 5) is 15.6. The van der Waals surface area contributed by atoms with Crippen LogP contribution in [-0.2, 0) is 16.1 Å². The summed E-state index contributed by atoms with van der Waals surface area (Å²) in [6.07, 6.45) is 0. The molecule has 0 bridgehead atoms. The van der Waals surface area contributed by atoms with E-state index in [2.05, 4.69) is 9.72 Å². The Morgan fingerprint density at radius 1 is 1.56 bits per heavy atom. The van der Waals surface area contributed by atoms with Gasteiger partial charge in [-0.15, -0.1) is 0 Å². The molecule has 0 fully saturated rings. The van der Waals surface area contributed by atoms with E-state index in [4.69, 9.17) is 5.73 Å². The fraction of sp³-hybridized carbons (Fsp3) is 0.273. The molecule has 0 radical (unpaired) electrons. The van der Waals surface area contributed by atoms with Gasteiger partial charge in [0.25, 0.3) is 0 Å². The monoisotopic (exact) mass is 219 g/mol. The Bertz CT molecular complexity index is 545. The van der Waals surface area contributed by atoms with Crippen LogP contribution in [0.2, 0.25) is 0 Å². The highest BCUT2D eigenvalue weighted by Crippen LogP contribution is 2.21. The van der Waals surface area contributed by atoms with Crippen LogP contribution in [0.5, 0.6) is 0 Å². The van der Waals surface area contributed by atoms with Crippen molar-refractivity contribution in [3.8, 4) is 0 Å². The first-order chi connectivity index (χ1) is 7.63. The molecule has 84 valence electrons. The molecule has 2 aromatic rings. The number of methoxy groups -OCH3 is 1. The molecule has 1 aromatic heterocycles.